The summed E-state index contributed by atoms with van der Waals surface area (Å²) in [6.07, 6.45) is 5.85. The number of carbonyl (C=O) groups excluding carboxylic acids is 3. The van der Waals surface area contributed by atoms with E-state index in [1.54, 1.807) is 4.90 Å². The Balaban J connectivity index is 1.28. The summed E-state index contributed by atoms with van der Waals surface area (Å²) in [5, 5.41) is 9.60. The van der Waals surface area contributed by atoms with Gasteiger partial charge in [0.15, 0.2) is 0 Å². The van der Waals surface area contributed by atoms with E-state index in [9.17, 15) is 14.4 Å². The van der Waals surface area contributed by atoms with Crippen LogP contribution in [0.3, 0.4) is 0 Å². The molecule has 2 saturated heterocycles. The molecule has 3 amide bonds. The molecule has 29 heavy (non-hydrogen) atoms. The number of hydrogen-bond acceptors (Lipinski definition) is 5. The fraction of sp³-hybridized carbons (Fsp3) is 0.591. The number of imide groups is 1. The number of fused-ring (bicyclic) bond motifs is 1. The number of amides is 3. The second-order valence-corrected chi connectivity index (χ2v) is 9.12. The van der Waals surface area contributed by atoms with Crippen molar-refractivity contribution in [3.63, 3.8) is 0 Å². The van der Waals surface area contributed by atoms with Gasteiger partial charge in [-0.25, -0.2) is 0 Å². The number of benzene rings is 1. The average Bonchev–Trinajstić information content (AvgIpc) is 3.02. The molecule has 7 nitrogen and oxygen atoms in total. The van der Waals surface area contributed by atoms with Crippen molar-refractivity contribution in [2.45, 2.75) is 63.7 Å². The van der Waals surface area contributed by atoms with Gasteiger partial charge in [0.25, 0.3) is 5.91 Å². The average molecular weight is 396 g/mol. The van der Waals surface area contributed by atoms with Crippen LogP contribution in [0.1, 0.15) is 60.0 Å². The molecule has 1 spiro atoms. The molecule has 3 aliphatic heterocycles. The quantitative estimate of drug-likeness (QED) is 0.663. The highest BCUT2D eigenvalue weighted by Gasteiger charge is 2.42. The molecule has 0 bridgehead atoms. The first-order valence-corrected chi connectivity index (χ1v) is 10.7. The maximum atomic E-state index is 13.2. The first-order valence-electron chi connectivity index (χ1n) is 10.7. The van der Waals surface area contributed by atoms with Crippen molar-refractivity contribution in [3.05, 3.63) is 34.9 Å². The summed E-state index contributed by atoms with van der Waals surface area (Å²) in [5.41, 5.74) is 3.17. The monoisotopic (exact) mass is 396 g/mol. The number of carbonyl (C=O) groups is 3. The Morgan fingerprint density at radius 3 is 2.83 bits per heavy atom. The Morgan fingerprint density at radius 2 is 2.07 bits per heavy atom. The zero-order valence-electron chi connectivity index (χ0n) is 16.6. The molecule has 1 saturated carbocycles. The lowest BCUT2D eigenvalue weighted by atomic mass is 9.64. The lowest BCUT2D eigenvalue weighted by Gasteiger charge is -2.48. The van der Waals surface area contributed by atoms with E-state index in [0.29, 0.717) is 31.0 Å². The Labute approximate surface area is 170 Å². The molecule has 7 heteroatoms. The van der Waals surface area contributed by atoms with Crippen LogP contribution >= 0.6 is 0 Å². The van der Waals surface area contributed by atoms with Gasteiger partial charge in [0.1, 0.15) is 6.04 Å². The summed E-state index contributed by atoms with van der Waals surface area (Å²) in [4.78, 5) is 38.5. The summed E-state index contributed by atoms with van der Waals surface area (Å²) < 4.78 is 0. The van der Waals surface area contributed by atoms with E-state index in [1.807, 2.05) is 18.2 Å². The fourth-order valence-electron chi connectivity index (χ4n) is 5.47. The normalized spacial score (nSPS) is 28.3. The van der Waals surface area contributed by atoms with E-state index in [4.69, 9.17) is 0 Å². The van der Waals surface area contributed by atoms with Crippen molar-refractivity contribution in [3.8, 4) is 0 Å². The van der Waals surface area contributed by atoms with Crippen LogP contribution in [-0.4, -0.2) is 47.8 Å². The second-order valence-electron chi connectivity index (χ2n) is 9.12. The molecule has 3 heterocycles. The Morgan fingerprint density at radius 1 is 1.21 bits per heavy atom. The zero-order chi connectivity index (χ0) is 20.0. The van der Waals surface area contributed by atoms with Crippen LogP contribution in [0.2, 0.25) is 0 Å². The van der Waals surface area contributed by atoms with E-state index < -0.39 is 6.04 Å². The molecule has 1 aliphatic carbocycles. The van der Waals surface area contributed by atoms with Gasteiger partial charge in [-0.1, -0.05) is 24.6 Å². The minimum atomic E-state index is -0.561. The summed E-state index contributed by atoms with van der Waals surface area (Å²) in [7, 11) is 0. The van der Waals surface area contributed by atoms with Crippen LogP contribution in [0.5, 0.6) is 0 Å². The molecular formula is C22H28N4O3. The van der Waals surface area contributed by atoms with Gasteiger partial charge >= 0.3 is 0 Å². The van der Waals surface area contributed by atoms with E-state index in [2.05, 4.69) is 16.0 Å². The lowest BCUT2D eigenvalue weighted by molar-refractivity contribution is -0.136. The summed E-state index contributed by atoms with van der Waals surface area (Å²) in [6, 6.07) is 5.82. The van der Waals surface area contributed by atoms with Gasteiger partial charge in [0.05, 0.1) is 0 Å². The molecule has 5 rings (SSSR count). The number of hydrogen-bond donors (Lipinski definition) is 3. The first kappa shape index (κ1) is 18.8. The van der Waals surface area contributed by atoms with Crippen LogP contribution in [-0.2, 0) is 22.7 Å². The Bertz CT molecular complexity index is 864. The van der Waals surface area contributed by atoms with Gasteiger partial charge in [-0.05, 0) is 42.2 Å². The maximum absolute atomic E-state index is 13.2. The largest absolute Gasteiger partial charge is 0.322 e. The third kappa shape index (κ3) is 3.36. The highest BCUT2D eigenvalue weighted by Crippen LogP contribution is 2.45. The fourth-order valence-corrected chi connectivity index (χ4v) is 5.47. The van der Waals surface area contributed by atoms with E-state index in [0.717, 1.165) is 29.8 Å². The van der Waals surface area contributed by atoms with Crippen LogP contribution in [0.15, 0.2) is 18.2 Å². The summed E-state index contributed by atoms with van der Waals surface area (Å²) in [5.74, 6) is -0.712. The van der Waals surface area contributed by atoms with Gasteiger partial charge < -0.3 is 15.5 Å². The maximum Gasteiger partial charge on any atom is 0.255 e. The molecular weight excluding hydrogens is 368 g/mol. The van der Waals surface area contributed by atoms with Crippen molar-refractivity contribution in [1.29, 1.82) is 0 Å². The third-order valence-corrected chi connectivity index (χ3v) is 7.20. The van der Waals surface area contributed by atoms with Crippen LogP contribution in [0.25, 0.3) is 0 Å². The smallest absolute Gasteiger partial charge is 0.255 e. The zero-order valence-corrected chi connectivity index (χ0v) is 16.6. The van der Waals surface area contributed by atoms with Gasteiger partial charge in [0.2, 0.25) is 11.8 Å². The molecule has 3 N–H and O–H groups in total. The molecule has 4 aliphatic rings. The molecule has 1 aromatic carbocycles. The van der Waals surface area contributed by atoms with Gasteiger partial charge in [-0.15, -0.1) is 0 Å². The number of nitrogens with zero attached hydrogens (tertiary/aromatic N) is 1. The predicted octanol–water partition coefficient (Wildman–Crippen LogP) is 1.07. The second kappa shape index (κ2) is 7.22. The van der Waals surface area contributed by atoms with Crippen molar-refractivity contribution in [2.75, 3.05) is 13.1 Å². The van der Waals surface area contributed by atoms with Crippen molar-refractivity contribution in [2.24, 2.45) is 5.41 Å². The van der Waals surface area contributed by atoms with Crippen LogP contribution < -0.4 is 16.0 Å². The third-order valence-electron chi connectivity index (χ3n) is 7.20. The van der Waals surface area contributed by atoms with Crippen molar-refractivity contribution < 1.29 is 14.4 Å². The van der Waals surface area contributed by atoms with Crippen LogP contribution in [0, 0.1) is 5.41 Å². The molecule has 2 unspecified atom stereocenters. The molecule has 1 aromatic rings. The number of rotatable bonds is 4. The Kier molecular flexibility index (Phi) is 4.67. The summed E-state index contributed by atoms with van der Waals surface area (Å²) >= 11 is 0. The van der Waals surface area contributed by atoms with Crippen molar-refractivity contribution in [1.82, 2.24) is 20.9 Å². The van der Waals surface area contributed by atoms with Crippen molar-refractivity contribution >= 4 is 17.7 Å². The molecule has 0 aromatic heterocycles. The lowest BCUT2D eigenvalue weighted by Crippen LogP contribution is -2.54. The predicted molar refractivity (Wildman–Crippen MR) is 107 cm³/mol. The number of nitrogens with one attached hydrogen (secondary N) is 3. The van der Waals surface area contributed by atoms with Gasteiger partial charge in [0, 0.05) is 44.2 Å². The van der Waals surface area contributed by atoms with Crippen LogP contribution in [0.4, 0.5) is 0 Å². The topological polar surface area (TPSA) is 90.5 Å². The molecule has 0 radical (unpaired) electrons. The number of piperidine rings is 2. The Hall–Kier alpha value is -2.25. The minimum absolute atomic E-state index is 0.0934. The highest BCUT2D eigenvalue weighted by molar-refractivity contribution is 6.05. The highest BCUT2D eigenvalue weighted by atomic mass is 16.2. The molecule has 2 atom stereocenters. The summed E-state index contributed by atoms with van der Waals surface area (Å²) in [6.45, 7) is 3.18. The first-order chi connectivity index (χ1) is 14.0. The standard InChI is InChI=1S/C22H28N4O3/c27-18-6-5-17(20(28)25-18)26-12-15-4-1-3-14(19(15)21(26)29)10-24-16-9-22(7-2-8-22)13-23-11-16/h1,3-4,16-17,23-24H,2,5-13H2,(H,25,27,28). The minimum Gasteiger partial charge on any atom is -0.322 e. The van der Waals surface area contributed by atoms with E-state index in [1.165, 1.54) is 25.7 Å². The SMILES string of the molecule is O=C1CCC(N2Cc3cccc(CNC4CNCC5(CCC5)C4)c3C2=O)C(=O)N1. The molecule has 3 fully saturated rings. The van der Waals surface area contributed by atoms with Gasteiger partial charge in [-0.3, -0.25) is 19.7 Å². The van der Waals surface area contributed by atoms with Gasteiger partial charge in [-0.2, -0.15) is 0 Å². The van der Waals surface area contributed by atoms with E-state index in [-0.39, 0.29) is 24.1 Å². The molecule has 154 valence electrons. The van der Waals surface area contributed by atoms with E-state index >= 15 is 0 Å².